The van der Waals surface area contributed by atoms with Gasteiger partial charge in [-0.25, -0.2) is 4.39 Å². The number of nitrogens with two attached hydrogens (primary N) is 1. The van der Waals surface area contributed by atoms with Crippen LogP contribution < -0.4 is 5.73 Å². The maximum atomic E-state index is 13.1. The first kappa shape index (κ1) is 12.7. The molecule has 0 unspecified atom stereocenters. The van der Waals surface area contributed by atoms with E-state index >= 15 is 0 Å². The molecule has 0 amide bonds. The van der Waals surface area contributed by atoms with Gasteiger partial charge in [0.05, 0.1) is 11.3 Å². The van der Waals surface area contributed by atoms with Gasteiger partial charge in [-0.1, -0.05) is 5.16 Å². The van der Waals surface area contributed by atoms with Gasteiger partial charge < -0.3 is 10.3 Å². The first-order chi connectivity index (χ1) is 9.56. The van der Waals surface area contributed by atoms with E-state index in [4.69, 9.17) is 10.3 Å². The Bertz CT molecular complexity index is 761. The number of halogens is 1. The van der Waals surface area contributed by atoms with E-state index in [2.05, 4.69) is 14.5 Å². The monoisotopic (exact) mass is 290 g/mol. The van der Waals surface area contributed by atoms with Crippen molar-refractivity contribution in [1.29, 1.82) is 0 Å². The Morgan fingerprint density at radius 3 is 2.75 bits per heavy atom. The molecule has 3 rings (SSSR count). The highest BCUT2D eigenvalue weighted by Gasteiger charge is 2.18. The molecular weight excluding hydrogens is 279 g/mol. The van der Waals surface area contributed by atoms with Gasteiger partial charge >= 0.3 is 0 Å². The lowest BCUT2D eigenvalue weighted by molar-refractivity contribution is 0.432. The van der Waals surface area contributed by atoms with Crippen LogP contribution in [0.5, 0.6) is 0 Å². The number of nitrogen functional groups attached to an aromatic ring is 1. The summed E-state index contributed by atoms with van der Waals surface area (Å²) in [5.74, 6) is 0.437. The lowest BCUT2D eigenvalue weighted by Crippen LogP contribution is -1.88. The second kappa shape index (κ2) is 4.68. The lowest BCUT2D eigenvalue weighted by Gasteiger charge is -1.99. The quantitative estimate of drug-likeness (QED) is 0.784. The first-order valence-corrected chi connectivity index (χ1v) is 6.66. The van der Waals surface area contributed by atoms with E-state index in [9.17, 15) is 4.39 Å². The van der Waals surface area contributed by atoms with Crippen LogP contribution >= 0.6 is 11.5 Å². The van der Waals surface area contributed by atoms with Gasteiger partial charge in [-0.15, -0.1) is 0 Å². The average Bonchev–Trinajstić information content (AvgIpc) is 2.97. The van der Waals surface area contributed by atoms with Gasteiger partial charge in [0.1, 0.15) is 10.8 Å². The first-order valence-electron chi connectivity index (χ1n) is 5.88. The fraction of sp³-hybridized carbons (Fsp3) is 0.154. The van der Waals surface area contributed by atoms with E-state index in [1.54, 1.807) is 13.0 Å². The molecule has 0 bridgehead atoms. The zero-order chi connectivity index (χ0) is 14.3. The third-order valence-electron chi connectivity index (χ3n) is 2.96. The van der Waals surface area contributed by atoms with Crippen LogP contribution in [0, 0.1) is 19.7 Å². The summed E-state index contributed by atoms with van der Waals surface area (Å²) in [6, 6.07) is 4.42. The Kier molecular flexibility index (Phi) is 2.98. The van der Waals surface area contributed by atoms with E-state index < -0.39 is 0 Å². The molecule has 2 N–H and O–H groups in total. The number of nitrogens with zero attached hydrogens (tertiary/aromatic N) is 3. The molecule has 0 radical (unpaired) electrons. The zero-order valence-corrected chi connectivity index (χ0v) is 11.7. The maximum absolute atomic E-state index is 13.1. The zero-order valence-electron chi connectivity index (χ0n) is 10.8. The lowest BCUT2D eigenvalue weighted by atomic mass is 10.1. The van der Waals surface area contributed by atoms with Crippen LogP contribution in [0.1, 0.15) is 11.3 Å². The van der Waals surface area contributed by atoms with E-state index in [0.717, 1.165) is 16.8 Å². The Morgan fingerprint density at radius 2 is 2.10 bits per heavy atom. The molecule has 3 aromatic rings. The molecule has 0 atom stereocenters. The van der Waals surface area contributed by atoms with Crippen molar-refractivity contribution in [2.75, 3.05) is 5.73 Å². The Hall–Kier alpha value is -2.28. The molecule has 0 saturated heterocycles. The molecule has 2 aromatic heterocycles. The molecule has 20 heavy (non-hydrogen) atoms. The molecule has 1 aromatic carbocycles. The minimum Gasteiger partial charge on any atom is -0.389 e. The number of hydrogen-bond acceptors (Lipinski definition) is 6. The Labute approximate surface area is 118 Å². The van der Waals surface area contributed by atoms with E-state index in [1.165, 1.54) is 23.7 Å². The molecule has 0 spiro atoms. The highest BCUT2D eigenvalue weighted by atomic mass is 32.1. The summed E-state index contributed by atoms with van der Waals surface area (Å²) < 4.78 is 22.5. The number of aryl methyl sites for hydroxylation is 2. The molecule has 0 aliphatic heterocycles. The van der Waals surface area contributed by atoms with Crippen LogP contribution in [0.3, 0.4) is 0 Å². The summed E-state index contributed by atoms with van der Waals surface area (Å²) in [6.07, 6.45) is 0. The van der Waals surface area contributed by atoms with Gasteiger partial charge in [0.15, 0.2) is 0 Å². The molecule has 7 heteroatoms. The van der Waals surface area contributed by atoms with E-state index in [1.807, 2.05) is 6.92 Å². The van der Waals surface area contributed by atoms with Crippen molar-refractivity contribution in [1.82, 2.24) is 14.5 Å². The van der Waals surface area contributed by atoms with Gasteiger partial charge in [-0.05, 0) is 49.1 Å². The van der Waals surface area contributed by atoms with Crippen molar-refractivity contribution in [3.63, 3.8) is 0 Å². The molecule has 0 saturated carbocycles. The highest BCUT2D eigenvalue weighted by Crippen LogP contribution is 2.32. The average molecular weight is 290 g/mol. The second-order valence-electron chi connectivity index (χ2n) is 4.39. The van der Waals surface area contributed by atoms with Crippen LogP contribution in [0.4, 0.5) is 9.39 Å². The second-order valence-corrected chi connectivity index (χ2v) is 5.19. The van der Waals surface area contributed by atoms with Gasteiger partial charge in [-0.3, -0.25) is 0 Å². The van der Waals surface area contributed by atoms with E-state index in [0.29, 0.717) is 22.3 Å². The minimum atomic E-state index is -0.294. The van der Waals surface area contributed by atoms with Crippen molar-refractivity contribution in [2.45, 2.75) is 13.8 Å². The molecule has 102 valence electrons. The number of rotatable bonds is 2. The Balaban J connectivity index is 2.07. The summed E-state index contributed by atoms with van der Waals surface area (Å²) in [6.45, 7) is 3.62. The summed E-state index contributed by atoms with van der Waals surface area (Å²) >= 11 is 1.19. The number of aromatic nitrogens is 3. The van der Waals surface area contributed by atoms with Crippen LogP contribution in [0.25, 0.3) is 22.8 Å². The number of benzene rings is 1. The fourth-order valence-corrected chi connectivity index (χ4v) is 2.61. The SMILES string of the molecule is Cc1cc(F)ccc1-c1noc(-c2c(C)nsc2N)n1. The summed E-state index contributed by atoms with van der Waals surface area (Å²) in [5, 5.41) is 4.46. The normalized spacial score (nSPS) is 10.9. The van der Waals surface area contributed by atoms with E-state index in [-0.39, 0.29) is 5.82 Å². The van der Waals surface area contributed by atoms with Crippen molar-refractivity contribution >= 4 is 16.5 Å². The molecule has 2 heterocycles. The predicted octanol–water partition coefficient (Wildman–Crippen LogP) is 3.20. The molecule has 0 fully saturated rings. The Morgan fingerprint density at radius 1 is 1.30 bits per heavy atom. The number of hydrogen-bond donors (Lipinski definition) is 1. The van der Waals surface area contributed by atoms with Crippen LogP contribution in [0.15, 0.2) is 22.7 Å². The topological polar surface area (TPSA) is 77.8 Å². The van der Waals surface area contributed by atoms with Gasteiger partial charge in [0.2, 0.25) is 5.82 Å². The summed E-state index contributed by atoms with van der Waals surface area (Å²) in [4.78, 5) is 4.32. The molecular formula is C13H11FN4OS. The van der Waals surface area contributed by atoms with Gasteiger partial charge in [0, 0.05) is 5.56 Å². The van der Waals surface area contributed by atoms with Gasteiger partial charge in [-0.2, -0.15) is 9.36 Å². The third-order valence-corrected chi connectivity index (χ3v) is 3.72. The standard InChI is InChI=1S/C13H11FN4OS/c1-6-5-8(14)3-4-9(6)12-16-13(19-17-12)10-7(2)18-20-11(10)15/h3-5H,15H2,1-2H3. The summed E-state index contributed by atoms with van der Waals surface area (Å²) in [5.41, 5.74) is 8.72. The summed E-state index contributed by atoms with van der Waals surface area (Å²) in [7, 11) is 0. The van der Waals surface area contributed by atoms with Crippen LogP contribution in [-0.2, 0) is 0 Å². The van der Waals surface area contributed by atoms with Crippen LogP contribution in [0.2, 0.25) is 0 Å². The maximum Gasteiger partial charge on any atom is 0.263 e. The van der Waals surface area contributed by atoms with Crippen molar-refractivity contribution < 1.29 is 8.91 Å². The fourth-order valence-electron chi connectivity index (χ4n) is 1.96. The van der Waals surface area contributed by atoms with Gasteiger partial charge in [0.25, 0.3) is 5.89 Å². The molecule has 0 aliphatic carbocycles. The predicted molar refractivity (Wildman–Crippen MR) is 74.7 cm³/mol. The largest absolute Gasteiger partial charge is 0.389 e. The third kappa shape index (κ3) is 2.05. The molecule has 5 nitrogen and oxygen atoms in total. The number of anilines is 1. The van der Waals surface area contributed by atoms with Crippen molar-refractivity contribution in [2.24, 2.45) is 0 Å². The smallest absolute Gasteiger partial charge is 0.263 e. The van der Waals surface area contributed by atoms with Crippen molar-refractivity contribution in [3.05, 3.63) is 35.3 Å². The minimum absolute atomic E-state index is 0.294. The molecule has 0 aliphatic rings. The van der Waals surface area contributed by atoms with Crippen LogP contribution in [-0.4, -0.2) is 14.5 Å². The highest BCUT2D eigenvalue weighted by molar-refractivity contribution is 7.10. The van der Waals surface area contributed by atoms with Crippen molar-refractivity contribution in [3.8, 4) is 22.8 Å².